The van der Waals surface area contributed by atoms with Crippen molar-refractivity contribution in [3.63, 3.8) is 0 Å². The number of ether oxygens (including phenoxy) is 1. The van der Waals surface area contributed by atoms with Crippen molar-refractivity contribution in [3.8, 4) is 0 Å². The molecule has 0 bridgehead atoms. The number of hydrogen-bond acceptors (Lipinski definition) is 7. The molecule has 2 aromatic heterocycles. The third-order valence-electron chi connectivity index (χ3n) is 4.34. The van der Waals surface area contributed by atoms with Gasteiger partial charge in [0.1, 0.15) is 5.82 Å². The van der Waals surface area contributed by atoms with E-state index < -0.39 is 0 Å². The summed E-state index contributed by atoms with van der Waals surface area (Å²) >= 11 is 0. The van der Waals surface area contributed by atoms with Crippen molar-refractivity contribution in [2.45, 2.75) is 12.8 Å². The van der Waals surface area contributed by atoms with Crippen LogP contribution >= 0.6 is 0 Å². The Morgan fingerprint density at radius 1 is 1.24 bits per heavy atom. The molecule has 0 atom stereocenters. The molecular weight excluding hydrogens is 322 g/mol. The molecule has 0 unspecified atom stereocenters. The van der Waals surface area contributed by atoms with E-state index >= 15 is 0 Å². The van der Waals surface area contributed by atoms with E-state index in [2.05, 4.69) is 37.5 Å². The number of aryl methyl sites for hydroxylation is 1. The van der Waals surface area contributed by atoms with Gasteiger partial charge in [0.15, 0.2) is 11.5 Å². The van der Waals surface area contributed by atoms with Crippen molar-refractivity contribution in [2.75, 3.05) is 58.4 Å². The maximum Gasteiger partial charge on any atom is 0.220 e. The van der Waals surface area contributed by atoms with Gasteiger partial charge >= 0.3 is 0 Å². The molecule has 25 heavy (non-hydrogen) atoms. The molecule has 3 heterocycles. The molecule has 0 aliphatic carbocycles. The zero-order valence-electron chi connectivity index (χ0n) is 14.8. The summed E-state index contributed by atoms with van der Waals surface area (Å²) in [6.07, 6.45) is 0.851. The molecule has 1 fully saturated rings. The number of fused-ring (bicyclic) bond motifs is 1. The zero-order chi connectivity index (χ0) is 17.6. The summed E-state index contributed by atoms with van der Waals surface area (Å²) in [6.45, 7) is 4.98. The lowest BCUT2D eigenvalue weighted by molar-refractivity contribution is -0.121. The molecule has 1 aliphatic heterocycles. The van der Waals surface area contributed by atoms with E-state index in [4.69, 9.17) is 4.74 Å². The molecule has 1 amide bonds. The minimum Gasteiger partial charge on any atom is -0.383 e. The molecule has 3 rings (SSSR count). The summed E-state index contributed by atoms with van der Waals surface area (Å²) in [5, 5.41) is 15.8. The summed E-state index contributed by atoms with van der Waals surface area (Å²) in [7, 11) is 3.74. The molecule has 2 aromatic rings. The first-order chi connectivity index (χ1) is 12.2. The Bertz CT molecular complexity index is 710. The van der Waals surface area contributed by atoms with Crippen LogP contribution in [0, 0.1) is 0 Å². The van der Waals surface area contributed by atoms with Crippen molar-refractivity contribution in [1.29, 1.82) is 0 Å². The number of piperazine rings is 1. The molecule has 1 saturated heterocycles. The highest BCUT2D eigenvalue weighted by Crippen LogP contribution is 2.14. The van der Waals surface area contributed by atoms with Crippen molar-refractivity contribution >= 4 is 17.4 Å². The predicted octanol–water partition coefficient (Wildman–Crippen LogP) is -0.429. The van der Waals surface area contributed by atoms with Gasteiger partial charge in [0.2, 0.25) is 5.91 Å². The van der Waals surface area contributed by atoms with Crippen LogP contribution in [0.1, 0.15) is 12.2 Å². The molecule has 1 N–H and O–H groups in total. The van der Waals surface area contributed by atoms with Gasteiger partial charge < -0.3 is 19.9 Å². The van der Waals surface area contributed by atoms with E-state index in [1.807, 2.05) is 12.1 Å². The Labute approximate surface area is 146 Å². The molecule has 9 nitrogen and oxygen atoms in total. The lowest BCUT2D eigenvalue weighted by Gasteiger charge is -2.33. The number of amides is 1. The molecule has 0 spiro atoms. The predicted molar refractivity (Wildman–Crippen MR) is 93.7 cm³/mol. The number of anilines is 1. The lowest BCUT2D eigenvalue weighted by Crippen LogP contribution is -2.45. The number of rotatable bonds is 7. The van der Waals surface area contributed by atoms with Crippen LogP contribution in [0.15, 0.2) is 12.1 Å². The average Bonchev–Trinajstić information content (AvgIpc) is 3.03. The van der Waals surface area contributed by atoms with Crippen LogP contribution in [-0.4, -0.2) is 84.1 Å². The number of methoxy groups -OCH3 is 1. The van der Waals surface area contributed by atoms with Gasteiger partial charge in [-0.05, 0) is 19.2 Å². The number of aromatic nitrogens is 4. The molecule has 0 saturated carbocycles. The molecular formula is C16H25N7O2. The summed E-state index contributed by atoms with van der Waals surface area (Å²) in [5.74, 6) is 1.60. The normalized spacial score (nSPS) is 15.7. The van der Waals surface area contributed by atoms with Gasteiger partial charge in [-0.3, -0.25) is 4.79 Å². The summed E-state index contributed by atoms with van der Waals surface area (Å²) in [4.78, 5) is 16.4. The molecule has 0 radical (unpaired) electrons. The molecule has 136 valence electrons. The van der Waals surface area contributed by atoms with Crippen LogP contribution in [0.5, 0.6) is 0 Å². The van der Waals surface area contributed by atoms with Crippen LogP contribution in [0.4, 0.5) is 5.82 Å². The van der Waals surface area contributed by atoms with Crippen molar-refractivity contribution in [3.05, 3.63) is 18.0 Å². The first-order valence-corrected chi connectivity index (χ1v) is 8.58. The first-order valence-electron chi connectivity index (χ1n) is 8.58. The number of carbonyl (C=O) groups is 1. The average molecular weight is 347 g/mol. The zero-order valence-corrected chi connectivity index (χ0v) is 14.8. The van der Waals surface area contributed by atoms with Crippen molar-refractivity contribution in [2.24, 2.45) is 0 Å². The van der Waals surface area contributed by atoms with Crippen LogP contribution in [0.3, 0.4) is 0 Å². The van der Waals surface area contributed by atoms with Crippen LogP contribution in [0.25, 0.3) is 5.65 Å². The maximum atomic E-state index is 11.8. The van der Waals surface area contributed by atoms with Gasteiger partial charge in [0.05, 0.1) is 6.61 Å². The Morgan fingerprint density at radius 3 is 2.80 bits per heavy atom. The van der Waals surface area contributed by atoms with Gasteiger partial charge in [-0.1, -0.05) is 0 Å². The largest absolute Gasteiger partial charge is 0.383 e. The van der Waals surface area contributed by atoms with Gasteiger partial charge in [0.25, 0.3) is 0 Å². The van der Waals surface area contributed by atoms with Crippen molar-refractivity contribution in [1.82, 2.24) is 30.0 Å². The minimum absolute atomic E-state index is 0.0241. The molecule has 0 aromatic carbocycles. The van der Waals surface area contributed by atoms with E-state index in [1.165, 1.54) is 0 Å². The fraction of sp³-hybridized carbons (Fsp3) is 0.625. The van der Waals surface area contributed by atoms with E-state index in [0.29, 0.717) is 37.5 Å². The van der Waals surface area contributed by atoms with E-state index in [9.17, 15) is 4.79 Å². The fourth-order valence-electron chi connectivity index (χ4n) is 2.79. The highest BCUT2D eigenvalue weighted by Gasteiger charge is 2.17. The topological polar surface area (TPSA) is 87.9 Å². The number of nitrogens with one attached hydrogen (secondary N) is 1. The quantitative estimate of drug-likeness (QED) is 0.680. The second-order valence-corrected chi connectivity index (χ2v) is 6.21. The third-order valence-corrected chi connectivity index (χ3v) is 4.34. The minimum atomic E-state index is -0.0241. The highest BCUT2D eigenvalue weighted by molar-refractivity contribution is 5.76. The Hall–Kier alpha value is -2.26. The van der Waals surface area contributed by atoms with Crippen molar-refractivity contribution < 1.29 is 9.53 Å². The van der Waals surface area contributed by atoms with Crippen LogP contribution in [0.2, 0.25) is 0 Å². The molecule has 9 heteroatoms. The third kappa shape index (κ3) is 4.43. The summed E-state index contributed by atoms with van der Waals surface area (Å²) < 4.78 is 6.66. The monoisotopic (exact) mass is 347 g/mol. The Balaban J connectivity index is 1.65. The van der Waals surface area contributed by atoms with Gasteiger partial charge in [-0.2, -0.15) is 4.52 Å². The summed E-state index contributed by atoms with van der Waals surface area (Å²) in [6, 6.07) is 3.91. The number of hydrogen-bond donors (Lipinski definition) is 1. The van der Waals surface area contributed by atoms with Gasteiger partial charge in [0, 0.05) is 52.7 Å². The second kappa shape index (κ2) is 8.21. The van der Waals surface area contributed by atoms with Gasteiger partial charge in [-0.25, -0.2) is 0 Å². The highest BCUT2D eigenvalue weighted by atomic mass is 16.5. The standard InChI is InChI=1S/C16H25N7O2/c1-21-8-10-22(11-9-21)15-4-3-13-18-19-14(23(13)20-15)5-6-16(24)17-7-12-25-2/h3-4H,5-12H2,1-2H3,(H,17,24). The van der Waals surface area contributed by atoms with Crippen LogP contribution in [-0.2, 0) is 16.0 Å². The van der Waals surface area contributed by atoms with E-state index in [0.717, 1.165) is 32.0 Å². The Kier molecular flexibility index (Phi) is 5.77. The van der Waals surface area contributed by atoms with E-state index in [-0.39, 0.29) is 5.91 Å². The fourth-order valence-corrected chi connectivity index (χ4v) is 2.79. The second-order valence-electron chi connectivity index (χ2n) is 6.21. The lowest BCUT2D eigenvalue weighted by atomic mass is 10.3. The number of nitrogens with zero attached hydrogens (tertiary/aromatic N) is 6. The van der Waals surface area contributed by atoms with Crippen LogP contribution < -0.4 is 10.2 Å². The summed E-state index contributed by atoms with van der Waals surface area (Å²) in [5.41, 5.74) is 0.702. The maximum absolute atomic E-state index is 11.8. The Morgan fingerprint density at radius 2 is 2.04 bits per heavy atom. The molecule has 1 aliphatic rings. The smallest absolute Gasteiger partial charge is 0.220 e. The van der Waals surface area contributed by atoms with Gasteiger partial charge in [-0.15, -0.1) is 15.3 Å². The number of likely N-dealkylation sites (N-methyl/N-ethyl adjacent to an activating group) is 1. The first kappa shape index (κ1) is 17.6. The number of carbonyl (C=O) groups excluding carboxylic acids is 1. The van der Waals surface area contributed by atoms with E-state index in [1.54, 1.807) is 11.6 Å². The SMILES string of the molecule is COCCNC(=O)CCc1nnc2ccc(N3CCN(C)CC3)nn12.